The number of methoxy groups -OCH3 is 1. The molecule has 3 amide bonds. The molecule has 10 nitrogen and oxygen atoms in total. The van der Waals surface area contributed by atoms with E-state index in [0.717, 1.165) is 31.2 Å². The van der Waals surface area contributed by atoms with Crippen molar-refractivity contribution in [1.82, 2.24) is 15.5 Å². The largest absolute Gasteiger partial charge is 0.508 e. The molecular formula is C33H47N3O7. The minimum Gasteiger partial charge on any atom is -0.508 e. The van der Waals surface area contributed by atoms with Crippen LogP contribution in [-0.4, -0.2) is 65.7 Å². The van der Waals surface area contributed by atoms with Crippen molar-refractivity contribution in [3.63, 3.8) is 0 Å². The summed E-state index contributed by atoms with van der Waals surface area (Å²) in [6.07, 6.45) is 3.90. The second-order valence-electron chi connectivity index (χ2n) is 11.6. The highest BCUT2D eigenvalue weighted by Crippen LogP contribution is 2.25. The Hall–Kier alpha value is -4.08. The molecule has 0 aliphatic rings. The third-order valence-corrected chi connectivity index (χ3v) is 6.70. The lowest BCUT2D eigenvalue weighted by Crippen LogP contribution is -2.54. The summed E-state index contributed by atoms with van der Waals surface area (Å²) in [7, 11) is 1.23. The topological polar surface area (TPSA) is 134 Å². The van der Waals surface area contributed by atoms with Crippen LogP contribution in [0.25, 0.3) is 0 Å². The smallest absolute Gasteiger partial charge is 0.408 e. The van der Waals surface area contributed by atoms with Gasteiger partial charge in [0.1, 0.15) is 30.0 Å². The van der Waals surface area contributed by atoms with Gasteiger partial charge in [-0.3, -0.25) is 14.4 Å². The van der Waals surface area contributed by atoms with E-state index in [1.807, 2.05) is 25.1 Å². The summed E-state index contributed by atoms with van der Waals surface area (Å²) in [6, 6.07) is 11.5. The fraction of sp³-hybridized carbons (Fsp3) is 0.515. The van der Waals surface area contributed by atoms with E-state index in [2.05, 4.69) is 17.6 Å². The van der Waals surface area contributed by atoms with Gasteiger partial charge in [0.2, 0.25) is 11.8 Å². The molecule has 0 spiro atoms. The number of hydrogen-bond acceptors (Lipinski definition) is 7. The van der Waals surface area contributed by atoms with Gasteiger partial charge in [-0.2, -0.15) is 0 Å². The van der Waals surface area contributed by atoms with Gasteiger partial charge in [0.05, 0.1) is 7.11 Å². The summed E-state index contributed by atoms with van der Waals surface area (Å²) in [5, 5.41) is 15.1. The maximum Gasteiger partial charge on any atom is 0.408 e. The van der Waals surface area contributed by atoms with E-state index in [4.69, 9.17) is 9.47 Å². The number of hydrogen-bond donors (Lipinski definition) is 3. The summed E-state index contributed by atoms with van der Waals surface area (Å²) >= 11 is 0. The van der Waals surface area contributed by atoms with Gasteiger partial charge in [0, 0.05) is 13.0 Å². The number of benzene rings is 2. The van der Waals surface area contributed by atoms with Crippen LogP contribution < -0.4 is 10.6 Å². The molecule has 2 aromatic carbocycles. The van der Waals surface area contributed by atoms with Gasteiger partial charge in [0.25, 0.3) is 0 Å². The van der Waals surface area contributed by atoms with Gasteiger partial charge in [0.15, 0.2) is 0 Å². The molecule has 0 aliphatic heterocycles. The number of amides is 3. The molecule has 0 radical (unpaired) electrons. The molecule has 0 saturated heterocycles. The average Bonchev–Trinajstić information content (AvgIpc) is 2.94. The summed E-state index contributed by atoms with van der Waals surface area (Å²) in [5.74, 6) is -1.57. The lowest BCUT2D eigenvalue weighted by molar-refractivity contribution is -0.144. The highest BCUT2D eigenvalue weighted by Gasteiger charge is 2.36. The van der Waals surface area contributed by atoms with Crippen LogP contribution in [0, 0.1) is 6.92 Å². The van der Waals surface area contributed by atoms with Crippen molar-refractivity contribution < 1.29 is 33.8 Å². The Labute approximate surface area is 255 Å². The predicted octanol–water partition coefficient (Wildman–Crippen LogP) is 4.97. The molecule has 2 rings (SSSR count). The van der Waals surface area contributed by atoms with Crippen LogP contribution in [0.5, 0.6) is 5.75 Å². The van der Waals surface area contributed by atoms with Crippen molar-refractivity contribution in [1.29, 1.82) is 0 Å². The number of rotatable bonds is 15. The van der Waals surface area contributed by atoms with Crippen molar-refractivity contribution in [2.45, 2.75) is 90.8 Å². The Morgan fingerprint density at radius 3 is 2.26 bits per heavy atom. The van der Waals surface area contributed by atoms with Crippen molar-refractivity contribution in [3.05, 3.63) is 65.2 Å². The van der Waals surface area contributed by atoms with Crippen LogP contribution in [0.4, 0.5) is 4.79 Å². The summed E-state index contributed by atoms with van der Waals surface area (Å²) in [5.41, 5.74) is 1.36. The third-order valence-electron chi connectivity index (χ3n) is 6.70. The molecule has 43 heavy (non-hydrogen) atoms. The van der Waals surface area contributed by atoms with Crippen molar-refractivity contribution in [2.24, 2.45) is 0 Å². The predicted molar refractivity (Wildman–Crippen MR) is 164 cm³/mol. The number of ether oxygens (including phenoxy) is 2. The summed E-state index contributed by atoms with van der Waals surface area (Å²) in [6.45, 7) is 9.08. The van der Waals surface area contributed by atoms with E-state index in [1.54, 1.807) is 39.0 Å². The van der Waals surface area contributed by atoms with Gasteiger partial charge in [-0.1, -0.05) is 74.6 Å². The lowest BCUT2D eigenvalue weighted by Gasteiger charge is -2.34. The normalized spacial score (nSPS) is 12.5. The number of nitrogens with zero attached hydrogens (tertiary/aromatic N) is 1. The van der Waals surface area contributed by atoms with Crippen LogP contribution in [0.1, 0.15) is 82.5 Å². The number of alkyl carbamates (subject to hydrolysis) is 1. The van der Waals surface area contributed by atoms with Crippen molar-refractivity contribution in [2.75, 3.05) is 20.2 Å². The Balaban J connectivity index is 2.55. The number of carbonyl (C=O) groups excluding carboxylic acids is 4. The van der Waals surface area contributed by atoms with Gasteiger partial charge in [-0.15, -0.1) is 0 Å². The van der Waals surface area contributed by atoms with Crippen molar-refractivity contribution in [3.8, 4) is 5.75 Å². The molecule has 2 atom stereocenters. The fourth-order valence-corrected chi connectivity index (χ4v) is 4.61. The lowest BCUT2D eigenvalue weighted by atomic mass is 9.98. The number of unbranched alkanes of at least 4 members (excludes halogenated alkanes) is 4. The Kier molecular flexibility index (Phi) is 14.0. The zero-order valence-electron chi connectivity index (χ0n) is 26.3. The van der Waals surface area contributed by atoms with Crippen LogP contribution in [-0.2, 0) is 30.3 Å². The zero-order valence-corrected chi connectivity index (χ0v) is 26.3. The number of aromatic hydroxyl groups is 1. The SMILES string of the molecule is CCCCCCCN(C(=O)C(Cc1ccc(O)cc1)NC(=O)OC(C)(C)C)C(C(=O)NCC(=O)OC)c1cccc(C)c1. The molecule has 0 aromatic heterocycles. The van der Waals surface area contributed by atoms with Crippen LogP contribution in [0.2, 0.25) is 0 Å². The average molecular weight is 598 g/mol. The van der Waals surface area contributed by atoms with Gasteiger partial charge < -0.3 is 30.1 Å². The van der Waals surface area contributed by atoms with Crippen molar-refractivity contribution >= 4 is 23.9 Å². The first kappa shape index (κ1) is 35.1. The number of aryl methyl sites for hydroxylation is 1. The maximum atomic E-state index is 14.5. The van der Waals surface area contributed by atoms with Gasteiger partial charge in [-0.05, 0) is 57.4 Å². The van der Waals surface area contributed by atoms with Gasteiger partial charge >= 0.3 is 12.1 Å². The fourth-order valence-electron chi connectivity index (χ4n) is 4.61. The van der Waals surface area contributed by atoms with E-state index >= 15 is 0 Å². The first-order chi connectivity index (χ1) is 20.3. The molecule has 3 N–H and O–H groups in total. The highest BCUT2D eigenvalue weighted by molar-refractivity contribution is 5.93. The molecule has 0 bridgehead atoms. The summed E-state index contributed by atoms with van der Waals surface area (Å²) < 4.78 is 10.2. The first-order valence-corrected chi connectivity index (χ1v) is 14.8. The number of nitrogens with one attached hydrogen (secondary N) is 2. The van der Waals surface area contributed by atoms with E-state index in [-0.39, 0.29) is 25.3 Å². The molecule has 2 unspecified atom stereocenters. The molecule has 2 aromatic rings. The molecule has 0 aliphatic carbocycles. The minimum atomic E-state index is -1.09. The second-order valence-corrected chi connectivity index (χ2v) is 11.6. The Morgan fingerprint density at radius 1 is 0.977 bits per heavy atom. The van der Waals surface area contributed by atoms with Crippen LogP contribution in [0.3, 0.4) is 0 Å². The van der Waals surface area contributed by atoms with Crippen LogP contribution >= 0.6 is 0 Å². The molecule has 0 saturated carbocycles. The molecular weight excluding hydrogens is 550 g/mol. The van der Waals surface area contributed by atoms with E-state index in [1.165, 1.54) is 24.1 Å². The number of phenols is 1. The van der Waals surface area contributed by atoms with Gasteiger partial charge in [-0.25, -0.2) is 4.79 Å². The Bertz CT molecular complexity index is 1210. The number of carbonyl (C=O) groups is 4. The summed E-state index contributed by atoms with van der Waals surface area (Å²) in [4.78, 5) is 54.5. The number of phenolic OH excluding ortho intramolecular Hbond substituents is 1. The minimum absolute atomic E-state index is 0.0715. The third kappa shape index (κ3) is 12.4. The van der Waals surface area contributed by atoms with E-state index < -0.39 is 41.6 Å². The molecule has 236 valence electrons. The number of esters is 1. The van der Waals surface area contributed by atoms with E-state index in [9.17, 15) is 24.3 Å². The standard InChI is InChI=1S/C33H47N3O7/c1-7-8-9-10-11-19-36(29(25-14-12-13-23(2)20-25)30(39)34-22-28(38)42-6)31(40)27(35-32(41)43-33(3,4)5)21-24-15-17-26(37)18-16-24/h12-18,20,27,29,37H,7-11,19,21-22H2,1-6H3,(H,34,39)(H,35,41). The zero-order chi connectivity index (χ0) is 32.0. The molecule has 0 heterocycles. The quantitative estimate of drug-likeness (QED) is 0.195. The molecule has 0 fully saturated rings. The first-order valence-electron chi connectivity index (χ1n) is 14.8. The molecule has 10 heteroatoms. The Morgan fingerprint density at radius 2 is 1.65 bits per heavy atom. The highest BCUT2D eigenvalue weighted by atomic mass is 16.6. The van der Waals surface area contributed by atoms with E-state index in [0.29, 0.717) is 17.5 Å². The maximum absolute atomic E-state index is 14.5. The monoisotopic (exact) mass is 597 g/mol. The second kappa shape index (κ2) is 17.1. The van der Waals surface area contributed by atoms with Crippen LogP contribution in [0.15, 0.2) is 48.5 Å².